The first-order valence-corrected chi connectivity index (χ1v) is 6.44. The number of halogens is 1. The third-order valence-corrected chi connectivity index (χ3v) is 3.80. The number of methoxy groups -OCH3 is 2. The van der Waals surface area contributed by atoms with E-state index in [9.17, 15) is 0 Å². The standard InChI is InChI=1S/C14H16BrNO2/c1-9-7-12(15)10(2)16(9)11-5-6-13(17-3)14(8-11)18-4/h5-8H,1-4H3. The molecule has 0 aliphatic heterocycles. The molecule has 96 valence electrons. The summed E-state index contributed by atoms with van der Waals surface area (Å²) < 4.78 is 13.9. The van der Waals surface area contributed by atoms with Crippen LogP contribution in [0, 0.1) is 13.8 Å². The smallest absolute Gasteiger partial charge is 0.162 e. The van der Waals surface area contributed by atoms with Gasteiger partial charge < -0.3 is 14.0 Å². The molecule has 1 aromatic carbocycles. The van der Waals surface area contributed by atoms with Crippen LogP contribution >= 0.6 is 15.9 Å². The Balaban J connectivity index is 2.58. The van der Waals surface area contributed by atoms with Gasteiger partial charge in [0, 0.05) is 27.6 Å². The maximum atomic E-state index is 5.33. The summed E-state index contributed by atoms with van der Waals surface area (Å²) in [6, 6.07) is 8.02. The normalized spacial score (nSPS) is 10.5. The van der Waals surface area contributed by atoms with Crippen LogP contribution in [0.1, 0.15) is 11.4 Å². The monoisotopic (exact) mass is 309 g/mol. The van der Waals surface area contributed by atoms with Crippen molar-refractivity contribution in [2.75, 3.05) is 14.2 Å². The van der Waals surface area contributed by atoms with Gasteiger partial charge in [0.2, 0.25) is 0 Å². The van der Waals surface area contributed by atoms with Crippen molar-refractivity contribution in [1.29, 1.82) is 0 Å². The molecule has 0 radical (unpaired) electrons. The van der Waals surface area contributed by atoms with Crippen LogP contribution in [-0.4, -0.2) is 18.8 Å². The quantitative estimate of drug-likeness (QED) is 0.859. The first-order chi connectivity index (χ1) is 8.58. The SMILES string of the molecule is COc1ccc(-n2c(C)cc(Br)c2C)cc1OC. The summed E-state index contributed by atoms with van der Waals surface area (Å²) in [6.07, 6.45) is 0. The molecule has 2 rings (SSSR count). The minimum absolute atomic E-state index is 0.735. The Bertz CT molecular complexity index is 575. The summed E-state index contributed by atoms with van der Waals surface area (Å²) in [5, 5.41) is 0. The van der Waals surface area contributed by atoms with E-state index in [1.165, 1.54) is 11.4 Å². The highest BCUT2D eigenvalue weighted by atomic mass is 79.9. The Labute approximate surface area is 115 Å². The van der Waals surface area contributed by atoms with Crippen LogP contribution in [0.5, 0.6) is 11.5 Å². The van der Waals surface area contributed by atoms with Crippen LogP contribution in [0.3, 0.4) is 0 Å². The Hall–Kier alpha value is -1.42. The van der Waals surface area contributed by atoms with Gasteiger partial charge in [-0.15, -0.1) is 0 Å². The molecule has 0 aliphatic rings. The fourth-order valence-electron chi connectivity index (χ4n) is 2.09. The molecule has 0 fully saturated rings. The van der Waals surface area contributed by atoms with Crippen LogP contribution in [0.2, 0.25) is 0 Å². The van der Waals surface area contributed by atoms with Gasteiger partial charge in [0.05, 0.1) is 14.2 Å². The minimum atomic E-state index is 0.735. The van der Waals surface area contributed by atoms with Gasteiger partial charge in [-0.3, -0.25) is 0 Å². The number of ether oxygens (including phenoxy) is 2. The molecule has 18 heavy (non-hydrogen) atoms. The van der Waals surface area contributed by atoms with Crippen molar-refractivity contribution in [3.8, 4) is 17.2 Å². The van der Waals surface area contributed by atoms with Gasteiger partial charge in [0.25, 0.3) is 0 Å². The Morgan fingerprint density at radius 3 is 2.17 bits per heavy atom. The predicted molar refractivity (Wildman–Crippen MR) is 76.0 cm³/mol. The summed E-state index contributed by atoms with van der Waals surface area (Å²) in [5.41, 5.74) is 3.40. The maximum absolute atomic E-state index is 5.33. The van der Waals surface area contributed by atoms with E-state index in [1.807, 2.05) is 18.2 Å². The highest BCUT2D eigenvalue weighted by Crippen LogP contribution is 2.32. The third kappa shape index (κ3) is 2.12. The minimum Gasteiger partial charge on any atom is -0.493 e. The third-order valence-electron chi connectivity index (χ3n) is 2.99. The number of nitrogens with zero attached hydrogens (tertiary/aromatic N) is 1. The summed E-state index contributed by atoms with van der Waals surface area (Å²) in [4.78, 5) is 0. The van der Waals surface area contributed by atoms with E-state index in [4.69, 9.17) is 9.47 Å². The van der Waals surface area contributed by atoms with Crippen molar-refractivity contribution < 1.29 is 9.47 Å². The van der Waals surface area contributed by atoms with Gasteiger partial charge in [0.15, 0.2) is 11.5 Å². The highest BCUT2D eigenvalue weighted by Gasteiger charge is 2.11. The second-order valence-electron chi connectivity index (χ2n) is 4.09. The zero-order chi connectivity index (χ0) is 13.3. The molecule has 3 nitrogen and oxygen atoms in total. The van der Waals surface area contributed by atoms with E-state index in [2.05, 4.69) is 40.4 Å². The number of aromatic nitrogens is 1. The van der Waals surface area contributed by atoms with Crippen LogP contribution in [0.4, 0.5) is 0 Å². The predicted octanol–water partition coefficient (Wildman–Crippen LogP) is 3.87. The Morgan fingerprint density at radius 2 is 1.67 bits per heavy atom. The summed E-state index contributed by atoms with van der Waals surface area (Å²) >= 11 is 3.55. The molecule has 0 spiro atoms. The summed E-state index contributed by atoms with van der Waals surface area (Å²) in [7, 11) is 3.28. The number of aryl methyl sites for hydroxylation is 1. The molecule has 0 atom stereocenters. The molecule has 0 N–H and O–H groups in total. The second kappa shape index (κ2) is 5.06. The summed E-state index contributed by atoms with van der Waals surface area (Å²) in [5.74, 6) is 1.47. The zero-order valence-corrected chi connectivity index (χ0v) is 12.5. The van der Waals surface area contributed by atoms with Gasteiger partial charge in [0.1, 0.15) is 0 Å². The van der Waals surface area contributed by atoms with Crippen molar-refractivity contribution in [2.24, 2.45) is 0 Å². The number of hydrogen-bond acceptors (Lipinski definition) is 2. The van der Waals surface area contributed by atoms with Crippen LogP contribution < -0.4 is 9.47 Å². The van der Waals surface area contributed by atoms with Gasteiger partial charge in [-0.1, -0.05) is 0 Å². The van der Waals surface area contributed by atoms with Crippen molar-refractivity contribution in [1.82, 2.24) is 4.57 Å². The van der Waals surface area contributed by atoms with Gasteiger partial charge >= 0.3 is 0 Å². The lowest BCUT2D eigenvalue weighted by atomic mass is 10.2. The average Bonchev–Trinajstić information content (AvgIpc) is 2.62. The molecule has 0 saturated carbocycles. The van der Waals surface area contributed by atoms with E-state index in [0.717, 1.165) is 21.7 Å². The van der Waals surface area contributed by atoms with E-state index in [-0.39, 0.29) is 0 Å². The van der Waals surface area contributed by atoms with Crippen molar-refractivity contribution >= 4 is 15.9 Å². The number of hydrogen-bond donors (Lipinski definition) is 0. The second-order valence-corrected chi connectivity index (χ2v) is 4.95. The molecule has 1 heterocycles. The molecule has 0 amide bonds. The van der Waals surface area contributed by atoms with Crippen molar-refractivity contribution in [3.63, 3.8) is 0 Å². The van der Waals surface area contributed by atoms with Crippen LogP contribution in [0.15, 0.2) is 28.7 Å². The van der Waals surface area contributed by atoms with Gasteiger partial charge in [-0.05, 0) is 48.0 Å². The van der Waals surface area contributed by atoms with E-state index in [0.29, 0.717) is 0 Å². The Morgan fingerprint density at radius 1 is 1.00 bits per heavy atom. The molecule has 2 aromatic rings. The largest absolute Gasteiger partial charge is 0.493 e. The van der Waals surface area contributed by atoms with Gasteiger partial charge in [-0.25, -0.2) is 0 Å². The lowest BCUT2D eigenvalue weighted by Gasteiger charge is -2.13. The van der Waals surface area contributed by atoms with Crippen LogP contribution in [0.25, 0.3) is 5.69 Å². The number of benzene rings is 1. The van der Waals surface area contributed by atoms with Crippen LogP contribution in [-0.2, 0) is 0 Å². The fraction of sp³-hybridized carbons (Fsp3) is 0.286. The lowest BCUT2D eigenvalue weighted by molar-refractivity contribution is 0.355. The van der Waals surface area contributed by atoms with Crippen molar-refractivity contribution in [2.45, 2.75) is 13.8 Å². The first kappa shape index (κ1) is 13.0. The maximum Gasteiger partial charge on any atom is 0.162 e. The lowest BCUT2D eigenvalue weighted by Crippen LogP contribution is -2.00. The van der Waals surface area contributed by atoms with E-state index < -0.39 is 0 Å². The molecular formula is C14H16BrNO2. The molecule has 4 heteroatoms. The Kier molecular flexibility index (Phi) is 3.66. The zero-order valence-electron chi connectivity index (χ0n) is 11.0. The first-order valence-electron chi connectivity index (χ1n) is 5.65. The molecule has 0 bridgehead atoms. The summed E-state index contributed by atoms with van der Waals surface area (Å²) in [6.45, 7) is 4.16. The van der Waals surface area contributed by atoms with Crippen molar-refractivity contribution in [3.05, 3.63) is 40.1 Å². The average molecular weight is 310 g/mol. The molecular weight excluding hydrogens is 294 g/mol. The van der Waals surface area contributed by atoms with Gasteiger partial charge in [-0.2, -0.15) is 0 Å². The number of rotatable bonds is 3. The highest BCUT2D eigenvalue weighted by molar-refractivity contribution is 9.10. The molecule has 0 unspecified atom stereocenters. The van der Waals surface area contributed by atoms with E-state index in [1.54, 1.807) is 14.2 Å². The fourth-order valence-corrected chi connectivity index (χ4v) is 2.59. The molecule has 0 saturated heterocycles. The molecule has 0 aliphatic carbocycles. The topological polar surface area (TPSA) is 23.4 Å². The molecule has 1 aromatic heterocycles. The van der Waals surface area contributed by atoms with E-state index >= 15 is 0 Å².